The third kappa shape index (κ3) is 8.17. The summed E-state index contributed by atoms with van der Waals surface area (Å²) in [6.45, 7) is 0. The van der Waals surface area contributed by atoms with E-state index in [0.29, 0.717) is 17.9 Å². The normalized spacial score (nSPS) is 13.2. The van der Waals surface area contributed by atoms with Crippen molar-refractivity contribution in [2.24, 2.45) is 0 Å². The Kier molecular flexibility index (Phi) is 10.3. The van der Waals surface area contributed by atoms with Crippen LogP contribution in [-0.2, 0) is 0 Å². The molecule has 0 spiro atoms. The number of nitrogens with one attached hydrogen (secondary N) is 2. The van der Waals surface area contributed by atoms with Gasteiger partial charge in [0, 0.05) is 68.6 Å². The fourth-order valence-electron chi connectivity index (χ4n) is 8.73. The lowest BCUT2D eigenvalue weighted by Crippen LogP contribution is -2.34. The van der Waals surface area contributed by atoms with E-state index < -0.39 is 0 Å². The number of hydrogen-bond donors (Lipinski definition) is 2. The van der Waals surface area contributed by atoms with Gasteiger partial charge in [0.1, 0.15) is 22.7 Å². The van der Waals surface area contributed by atoms with Gasteiger partial charge in [-0.1, -0.05) is 48.5 Å². The molecule has 0 unspecified atom stereocenters. The SMILES string of the molecule is C[N+](C)(C)c1cccc(-c2c3nc(c(-c4cccc([N+](C)(C)C)c4)c4ccc([nH]4)c(-c4cccc([N+](C)(C)C)c4)c4nc(c(-c5cccc([N+](C)(C)C)c5)c5ccc2[nH]5)C=C4)C=C3)c1. The second kappa shape index (κ2) is 15.5. The number of quaternary nitrogens is 4. The highest BCUT2D eigenvalue weighted by atomic mass is 15.3. The molecule has 0 saturated heterocycles. The van der Waals surface area contributed by atoms with E-state index in [4.69, 9.17) is 9.97 Å². The summed E-state index contributed by atoms with van der Waals surface area (Å²) in [5.74, 6) is 0. The van der Waals surface area contributed by atoms with Gasteiger partial charge >= 0.3 is 0 Å². The standard InChI is InChI=1S/C56H62N8/c1-61(2,3)41-21-13-17-37(33-41)53-45-25-27-47(57-45)54(38-18-14-22-42(34-38)62(4,5)6)49-29-31-51(59-49)56(40-20-16-24-44(36-40)64(10,11)12)52-32-30-50(60-52)55(48-28-26-46(53)58-48)39-19-15-23-43(35-39)63(7,8)9/h13-36,57,60H,1-12H3/q+4. The smallest absolute Gasteiger partial charge is 0.132 e. The molecule has 5 heterocycles. The quantitative estimate of drug-likeness (QED) is 0.150. The van der Waals surface area contributed by atoms with Crippen molar-refractivity contribution in [2.75, 3.05) is 84.6 Å². The summed E-state index contributed by atoms with van der Waals surface area (Å²) in [6, 6.07) is 44.4. The third-order valence-corrected chi connectivity index (χ3v) is 12.4. The van der Waals surface area contributed by atoms with Gasteiger partial charge in [0.2, 0.25) is 0 Å². The molecule has 8 bridgehead atoms. The zero-order valence-electron chi connectivity index (χ0n) is 39.5. The molecule has 0 aliphatic carbocycles. The van der Waals surface area contributed by atoms with Gasteiger partial charge < -0.3 is 9.97 Å². The molecule has 8 nitrogen and oxygen atoms in total. The van der Waals surface area contributed by atoms with Crippen molar-refractivity contribution in [3.63, 3.8) is 0 Å². The van der Waals surface area contributed by atoms with Crippen LogP contribution in [0.25, 0.3) is 90.9 Å². The highest BCUT2D eigenvalue weighted by Crippen LogP contribution is 2.41. The Morgan fingerprint density at radius 2 is 0.516 bits per heavy atom. The van der Waals surface area contributed by atoms with E-state index in [2.05, 4.69) is 240 Å². The van der Waals surface area contributed by atoms with Gasteiger partial charge in [-0.2, -0.15) is 0 Å². The fourth-order valence-corrected chi connectivity index (χ4v) is 8.73. The largest absolute Gasteiger partial charge is 0.354 e. The Bertz CT molecular complexity index is 2780. The number of H-pyrrole nitrogens is 2. The Hall–Kier alpha value is -6.68. The molecule has 8 heteroatoms. The van der Waals surface area contributed by atoms with Crippen LogP contribution < -0.4 is 17.9 Å². The summed E-state index contributed by atoms with van der Waals surface area (Å²) in [6.07, 6.45) is 8.73. The molecule has 64 heavy (non-hydrogen) atoms. The molecule has 0 saturated carbocycles. The lowest BCUT2D eigenvalue weighted by Gasteiger charge is -2.24. The van der Waals surface area contributed by atoms with Crippen LogP contribution in [0.4, 0.5) is 22.7 Å². The van der Waals surface area contributed by atoms with Gasteiger partial charge in [-0.3, -0.25) is 17.9 Å². The molecular weight excluding hydrogens is 785 g/mol. The molecule has 2 aliphatic rings. The van der Waals surface area contributed by atoms with Gasteiger partial charge in [-0.05, 0) is 95.1 Å². The van der Waals surface area contributed by atoms with E-state index in [1.54, 1.807) is 0 Å². The molecule has 0 atom stereocenters. The van der Waals surface area contributed by atoms with Crippen molar-refractivity contribution in [2.45, 2.75) is 0 Å². The summed E-state index contributed by atoms with van der Waals surface area (Å²) in [5.41, 5.74) is 20.9. The minimum absolute atomic E-state index is 0.691. The Morgan fingerprint density at radius 1 is 0.297 bits per heavy atom. The maximum atomic E-state index is 5.60. The van der Waals surface area contributed by atoms with Crippen LogP contribution in [0.2, 0.25) is 0 Å². The molecular formula is C56H62N8+4. The molecule has 2 N–H and O–H groups in total. The number of aromatic amines is 2. The predicted molar refractivity (Wildman–Crippen MR) is 279 cm³/mol. The number of nitrogens with zero attached hydrogens (tertiary/aromatic N) is 6. The highest BCUT2D eigenvalue weighted by Gasteiger charge is 2.23. The Morgan fingerprint density at radius 3 is 0.719 bits per heavy atom. The van der Waals surface area contributed by atoms with Crippen LogP contribution in [-0.4, -0.2) is 105 Å². The van der Waals surface area contributed by atoms with Gasteiger partial charge in [-0.25, -0.2) is 9.97 Å². The first-order valence-electron chi connectivity index (χ1n) is 22.1. The van der Waals surface area contributed by atoms with E-state index in [9.17, 15) is 0 Å². The summed E-state index contributed by atoms with van der Waals surface area (Å²) in [7, 11) is 26.5. The van der Waals surface area contributed by atoms with E-state index >= 15 is 0 Å². The molecule has 322 valence electrons. The molecule has 9 rings (SSSR count). The minimum atomic E-state index is 0.691. The highest BCUT2D eigenvalue weighted by molar-refractivity contribution is 6.00. The van der Waals surface area contributed by atoms with Gasteiger partial charge in [0.15, 0.2) is 0 Å². The zero-order chi connectivity index (χ0) is 45.3. The monoisotopic (exact) mass is 847 g/mol. The van der Waals surface area contributed by atoms with Gasteiger partial charge in [0.05, 0.1) is 107 Å². The zero-order valence-corrected chi connectivity index (χ0v) is 39.5. The summed E-state index contributed by atoms with van der Waals surface area (Å²) < 4.78 is 2.76. The van der Waals surface area contributed by atoms with Crippen LogP contribution in [0, 0.1) is 0 Å². The first kappa shape index (κ1) is 42.6. The van der Waals surface area contributed by atoms with Crippen molar-refractivity contribution in [3.8, 4) is 44.5 Å². The van der Waals surface area contributed by atoms with Crippen LogP contribution in [0.1, 0.15) is 22.8 Å². The van der Waals surface area contributed by atoms with Crippen molar-refractivity contribution in [1.29, 1.82) is 0 Å². The van der Waals surface area contributed by atoms with E-state index in [-0.39, 0.29) is 0 Å². The van der Waals surface area contributed by atoms with E-state index in [1.807, 2.05) is 0 Å². The topological polar surface area (TPSA) is 57.4 Å². The van der Waals surface area contributed by atoms with Gasteiger partial charge in [0.25, 0.3) is 0 Å². The van der Waals surface area contributed by atoms with Crippen molar-refractivity contribution >= 4 is 69.1 Å². The maximum absolute atomic E-state index is 5.60. The Labute approximate surface area is 378 Å². The van der Waals surface area contributed by atoms with E-state index in [0.717, 1.165) is 89.4 Å². The lowest BCUT2D eigenvalue weighted by atomic mass is 10.0. The average Bonchev–Trinajstić information content (AvgIpc) is 4.08. The summed E-state index contributed by atoms with van der Waals surface area (Å²) in [4.78, 5) is 19.1. The van der Waals surface area contributed by atoms with Crippen LogP contribution >= 0.6 is 0 Å². The predicted octanol–water partition coefficient (Wildman–Crippen LogP) is 12.1. The van der Waals surface area contributed by atoms with Gasteiger partial charge in [-0.15, -0.1) is 0 Å². The van der Waals surface area contributed by atoms with Crippen molar-refractivity contribution < 1.29 is 0 Å². The average molecular weight is 847 g/mol. The molecule has 2 aliphatic heterocycles. The molecule has 0 radical (unpaired) electrons. The minimum Gasteiger partial charge on any atom is -0.354 e. The van der Waals surface area contributed by atoms with Crippen LogP contribution in [0.5, 0.6) is 0 Å². The van der Waals surface area contributed by atoms with Crippen molar-refractivity contribution in [3.05, 3.63) is 144 Å². The Balaban J connectivity index is 1.47. The molecule has 4 aromatic carbocycles. The first-order chi connectivity index (χ1) is 30.2. The number of fused-ring (bicyclic) bond motifs is 8. The van der Waals surface area contributed by atoms with Crippen LogP contribution in [0.3, 0.4) is 0 Å². The third-order valence-electron chi connectivity index (χ3n) is 12.4. The number of hydrogen-bond acceptors (Lipinski definition) is 2. The number of aromatic nitrogens is 4. The maximum Gasteiger partial charge on any atom is 0.132 e. The number of benzene rings is 4. The fraction of sp³-hybridized carbons (Fsp3) is 0.214. The lowest BCUT2D eigenvalue weighted by molar-refractivity contribution is 0.486. The van der Waals surface area contributed by atoms with Crippen molar-refractivity contribution in [1.82, 2.24) is 37.9 Å². The molecule has 0 fully saturated rings. The molecule has 0 amide bonds. The van der Waals surface area contributed by atoms with Crippen LogP contribution in [0.15, 0.2) is 121 Å². The summed E-state index contributed by atoms with van der Waals surface area (Å²) in [5, 5.41) is 0. The molecule has 7 aromatic rings. The second-order valence-corrected chi connectivity index (χ2v) is 20.8. The number of rotatable bonds is 8. The van der Waals surface area contributed by atoms with E-state index in [1.165, 1.54) is 22.7 Å². The second-order valence-electron chi connectivity index (χ2n) is 20.8. The first-order valence-corrected chi connectivity index (χ1v) is 22.1. The molecule has 3 aromatic heterocycles. The summed E-state index contributed by atoms with van der Waals surface area (Å²) >= 11 is 0.